The second-order valence-corrected chi connectivity index (χ2v) is 7.66. The molecule has 0 bridgehead atoms. The van der Waals surface area contributed by atoms with Crippen LogP contribution >= 0.6 is 0 Å². The third kappa shape index (κ3) is 5.74. The number of benzene rings is 2. The van der Waals surface area contributed by atoms with Crippen LogP contribution in [0.1, 0.15) is 23.8 Å². The standard InChI is InChI=1S/C25H24N2O7/c28-15-22-21(29)13-23(34-22)27-14-18(24(30)26-25(27)31)7-4-12-32-19-8-10-20(11-9-19)33-16-17-5-2-1-3-6-17/h1-3,5-6,8-11,14,21-23,28-29H,12-13,15-16H2,(H,26,30,31)/t21-,22+,23+/m0/s1. The Morgan fingerprint density at radius 3 is 2.44 bits per heavy atom. The number of hydrogen-bond donors (Lipinski definition) is 3. The van der Waals surface area contributed by atoms with Crippen molar-refractivity contribution in [3.8, 4) is 23.3 Å². The quantitative estimate of drug-likeness (QED) is 0.449. The Morgan fingerprint density at radius 1 is 1.06 bits per heavy atom. The zero-order valence-electron chi connectivity index (χ0n) is 18.2. The van der Waals surface area contributed by atoms with Gasteiger partial charge in [-0.1, -0.05) is 42.2 Å². The van der Waals surface area contributed by atoms with E-state index < -0.39 is 29.7 Å². The predicted molar refractivity (Wildman–Crippen MR) is 123 cm³/mol. The van der Waals surface area contributed by atoms with Gasteiger partial charge in [0.25, 0.3) is 5.56 Å². The highest BCUT2D eigenvalue weighted by molar-refractivity contribution is 5.33. The number of aliphatic hydroxyl groups is 2. The van der Waals surface area contributed by atoms with E-state index >= 15 is 0 Å². The van der Waals surface area contributed by atoms with Crippen LogP contribution in [-0.2, 0) is 11.3 Å². The van der Waals surface area contributed by atoms with Crippen LogP contribution in [0, 0.1) is 11.8 Å². The average molecular weight is 464 g/mol. The summed E-state index contributed by atoms with van der Waals surface area (Å²) in [6, 6.07) is 17.0. The van der Waals surface area contributed by atoms with Gasteiger partial charge < -0.3 is 24.4 Å². The maximum absolute atomic E-state index is 12.2. The van der Waals surface area contributed by atoms with Crippen molar-refractivity contribution in [1.82, 2.24) is 9.55 Å². The van der Waals surface area contributed by atoms with Gasteiger partial charge in [-0.2, -0.15) is 0 Å². The Kier molecular flexibility index (Phi) is 7.44. The second-order valence-electron chi connectivity index (χ2n) is 7.66. The lowest BCUT2D eigenvalue weighted by atomic mass is 10.2. The molecule has 1 aliphatic rings. The van der Waals surface area contributed by atoms with Gasteiger partial charge in [-0.05, 0) is 29.8 Å². The van der Waals surface area contributed by atoms with Crippen LogP contribution < -0.4 is 20.7 Å². The zero-order valence-corrected chi connectivity index (χ0v) is 18.2. The predicted octanol–water partition coefficient (Wildman–Crippen LogP) is 1.19. The number of nitrogens with zero attached hydrogens (tertiary/aromatic N) is 1. The van der Waals surface area contributed by atoms with Crippen LogP contribution in [0.3, 0.4) is 0 Å². The average Bonchev–Trinajstić information content (AvgIpc) is 3.23. The maximum Gasteiger partial charge on any atom is 0.330 e. The Bertz CT molecular complexity index is 1270. The van der Waals surface area contributed by atoms with Crippen molar-refractivity contribution in [2.45, 2.75) is 31.5 Å². The van der Waals surface area contributed by atoms with Gasteiger partial charge in [0.15, 0.2) is 0 Å². The minimum Gasteiger partial charge on any atom is -0.489 e. The highest BCUT2D eigenvalue weighted by Crippen LogP contribution is 2.27. The van der Waals surface area contributed by atoms with E-state index in [1.54, 1.807) is 24.3 Å². The van der Waals surface area contributed by atoms with Gasteiger partial charge in [-0.3, -0.25) is 14.3 Å². The van der Waals surface area contributed by atoms with Crippen molar-refractivity contribution in [3.63, 3.8) is 0 Å². The first-order valence-electron chi connectivity index (χ1n) is 10.7. The summed E-state index contributed by atoms with van der Waals surface area (Å²) in [5.41, 5.74) is -0.190. The van der Waals surface area contributed by atoms with Gasteiger partial charge in [0.05, 0.1) is 12.7 Å². The minimum atomic E-state index is -0.910. The van der Waals surface area contributed by atoms with E-state index in [4.69, 9.17) is 14.2 Å². The number of H-pyrrole nitrogens is 1. The summed E-state index contributed by atoms with van der Waals surface area (Å²) >= 11 is 0. The molecule has 9 nitrogen and oxygen atoms in total. The van der Waals surface area contributed by atoms with E-state index in [0.717, 1.165) is 10.1 Å². The highest BCUT2D eigenvalue weighted by Gasteiger charge is 2.35. The molecule has 34 heavy (non-hydrogen) atoms. The molecule has 4 rings (SSSR count). The Morgan fingerprint density at radius 2 is 1.76 bits per heavy atom. The van der Waals surface area contributed by atoms with Crippen LogP contribution in [0.5, 0.6) is 11.5 Å². The molecule has 0 amide bonds. The molecule has 1 aliphatic heterocycles. The molecular weight excluding hydrogens is 440 g/mol. The Hall–Kier alpha value is -3.84. The third-order valence-corrected chi connectivity index (χ3v) is 5.27. The largest absolute Gasteiger partial charge is 0.489 e. The lowest BCUT2D eigenvalue weighted by molar-refractivity contribution is -0.0459. The van der Waals surface area contributed by atoms with Crippen molar-refractivity contribution in [3.05, 3.63) is 92.8 Å². The molecule has 3 N–H and O–H groups in total. The molecule has 1 aromatic heterocycles. The minimum absolute atomic E-state index is 0.0218. The lowest BCUT2D eigenvalue weighted by Gasteiger charge is -2.14. The molecule has 2 aromatic carbocycles. The molecule has 0 saturated carbocycles. The molecule has 176 valence electrons. The summed E-state index contributed by atoms with van der Waals surface area (Å²) < 4.78 is 18.0. The van der Waals surface area contributed by atoms with E-state index in [1.807, 2.05) is 30.3 Å². The fraction of sp³-hybridized carbons (Fsp3) is 0.280. The Labute approximate surface area is 195 Å². The van der Waals surface area contributed by atoms with Gasteiger partial charge in [0.2, 0.25) is 0 Å². The maximum atomic E-state index is 12.2. The number of rotatable bonds is 7. The van der Waals surface area contributed by atoms with Crippen LogP contribution in [0.25, 0.3) is 0 Å². The fourth-order valence-electron chi connectivity index (χ4n) is 3.46. The molecule has 3 atom stereocenters. The molecule has 0 radical (unpaired) electrons. The number of aromatic amines is 1. The van der Waals surface area contributed by atoms with Crippen molar-refractivity contribution < 1.29 is 24.4 Å². The van der Waals surface area contributed by atoms with Crippen LogP contribution in [0.2, 0.25) is 0 Å². The van der Waals surface area contributed by atoms with Crippen LogP contribution in [0.15, 0.2) is 70.4 Å². The molecule has 3 aromatic rings. The first-order chi connectivity index (χ1) is 16.5. The number of aliphatic hydroxyl groups excluding tert-OH is 2. The number of hydrogen-bond acceptors (Lipinski definition) is 7. The number of aromatic nitrogens is 2. The van der Waals surface area contributed by atoms with E-state index in [9.17, 15) is 19.8 Å². The molecule has 2 heterocycles. The summed E-state index contributed by atoms with van der Waals surface area (Å²) in [6.45, 7) is 0.114. The molecule has 0 spiro atoms. The summed E-state index contributed by atoms with van der Waals surface area (Å²) in [5, 5.41) is 19.1. The van der Waals surface area contributed by atoms with Gasteiger partial charge in [0, 0.05) is 12.6 Å². The molecule has 1 saturated heterocycles. The van der Waals surface area contributed by atoms with E-state index in [2.05, 4.69) is 16.8 Å². The summed E-state index contributed by atoms with van der Waals surface area (Å²) in [5.74, 6) is 6.73. The van der Waals surface area contributed by atoms with E-state index in [0.29, 0.717) is 18.1 Å². The fourth-order valence-corrected chi connectivity index (χ4v) is 3.46. The van der Waals surface area contributed by atoms with Crippen molar-refractivity contribution >= 4 is 0 Å². The molecule has 0 aliphatic carbocycles. The van der Waals surface area contributed by atoms with Gasteiger partial charge in [0.1, 0.15) is 42.6 Å². The van der Waals surface area contributed by atoms with Crippen molar-refractivity contribution in [1.29, 1.82) is 0 Å². The topological polar surface area (TPSA) is 123 Å². The first-order valence-corrected chi connectivity index (χ1v) is 10.7. The van der Waals surface area contributed by atoms with Gasteiger partial charge >= 0.3 is 5.69 Å². The third-order valence-electron chi connectivity index (χ3n) is 5.27. The Balaban J connectivity index is 1.35. The summed E-state index contributed by atoms with van der Waals surface area (Å²) in [4.78, 5) is 26.4. The van der Waals surface area contributed by atoms with Crippen LogP contribution in [0.4, 0.5) is 0 Å². The van der Waals surface area contributed by atoms with Gasteiger partial charge in [-0.15, -0.1) is 0 Å². The molecule has 1 fully saturated rings. The SMILES string of the molecule is O=c1[nH]c(=O)n([C@H]2C[C@H](O)[C@@H](CO)O2)cc1C#CCOc1ccc(OCc2ccccc2)cc1. The summed E-state index contributed by atoms with van der Waals surface area (Å²) in [6.07, 6.45) is -1.12. The first kappa shape index (κ1) is 23.3. The van der Waals surface area contributed by atoms with Crippen molar-refractivity contribution in [2.24, 2.45) is 0 Å². The van der Waals surface area contributed by atoms with Crippen molar-refractivity contribution in [2.75, 3.05) is 13.2 Å². The zero-order chi connectivity index (χ0) is 23.9. The van der Waals surface area contributed by atoms with E-state index in [1.165, 1.54) is 6.20 Å². The monoisotopic (exact) mass is 464 g/mol. The van der Waals surface area contributed by atoms with Gasteiger partial charge in [-0.25, -0.2) is 4.79 Å². The van der Waals surface area contributed by atoms with E-state index in [-0.39, 0.29) is 25.2 Å². The second kappa shape index (κ2) is 10.9. The molecular formula is C25H24N2O7. The molecule has 9 heteroatoms. The lowest BCUT2D eigenvalue weighted by Crippen LogP contribution is -2.33. The summed E-state index contributed by atoms with van der Waals surface area (Å²) in [7, 11) is 0. The smallest absolute Gasteiger partial charge is 0.330 e. The number of ether oxygens (including phenoxy) is 3. The van der Waals surface area contributed by atoms with Crippen LogP contribution in [-0.4, -0.2) is 45.2 Å². The molecule has 0 unspecified atom stereocenters. The number of nitrogens with one attached hydrogen (secondary N) is 1. The normalized spacial score (nSPS) is 19.3. The highest BCUT2D eigenvalue weighted by atomic mass is 16.5.